The number of anilines is 3. The Morgan fingerprint density at radius 3 is 2.72 bits per heavy atom. The largest absolute Gasteiger partial charge is 0.399 e. The van der Waals surface area contributed by atoms with Gasteiger partial charge in [0, 0.05) is 5.69 Å². The molecule has 0 saturated carbocycles. The molecule has 0 saturated heterocycles. The van der Waals surface area contributed by atoms with Crippen molar-refractivity contribution in [3.05, 3.63) is 51.5 Å². The molecule has 0 atom stereocenters. The topological polar surface area (TPSA) is 61.8 Å². The van der Waals surface area contributed by atoms with Crippen LogP contribution in [0.5, 0.6) is 0 Å². The molecule has 0 unspecified atom stereocenters. The Morgan fingerprint density at radius 2 is 2.00 bits per heavy atom. The summed E-state index contributed by atoms with van der Waals surface area (Å²) >= 11 is 9.40. The fourth-order valence-electron chi connectivity index (χ4n) is 1.51. The van der Waals surface area contributed by atoms with Crippen LogP contribution in [0.15, 0.2) is 40.9 Å². The number of nitriles is 1. The van der Waals surface area contributed by atoms with E-state index in [-0.39, 0.29) is 0 Å². The second-order valence-electron chi connectivity index (χ2n) is 3.64. The minimum atomic E-state index is 0.488. The first-order valence-electron chi connectivity index (χ1n) is 5.12. The molecule has 0 spiro atoms. The third-order valence-corrected chi connectivity index (χ3v) is 3.78. The van der Waals surface area contributed by atoms with Gasteiger partial charge in [-0.05, 0) is 46.3 Å². The van der Waals surface area contributed by atoms with Gasteiger partial charge in [-0.3, -0.25) is 0 Å². The number of nitrogens with zero attached hydrogens (tertiary/aromatic N) is 1. The molecular weight excluding hydrogens is 314 g/mol. The molecule has 0 aromatic heterocycles. The number of nitrogens with one attached hydrogen (secondary N) is 1. The number of rotatable bonds is 2. The number of hydrogen-bond donors (Lipinski definition) is 2. The molecule has 0 bridgehead atoms. The van der Waals surface area contributed by atoms with E-state index in [0.717, 1.165) is 10.2 Å². The summed E-state index contributed by atoms with van der Waals surface area (Å²) in [7, 11) is 0. The van der Waals surface area contributed by atoms with Gasteiger partial charge in [0.2, 0.25) is 0 Å². The van der Waals surface area contributed by atoms with Crippen LogP contribution in [0, 0.1) is 11.3 Å². The number of nitrogens with two attached hydrogens (primary N) is 1. The van der Waals surface area contributed by atoms with Crippen molar-refractivity contribution in [3.63, 3.8) is 0 Å². The average Bonchev–Trinajstić information content (AvgIpc) is 2.37. The minimum Gasteiger partial charge on any atom is -0.399 e. The van der Waals surface area contributed by atoms with Crippen molar-refractivity contribution >= 4 is 44.6 Å². The van der Waals surface area contributed by atoms with E-state index in [4.69, 9.17) is 22.6 Å². The SMILES string of the molecule is N#Cc1cc(N)ccc1Nc1cccc(Cl)c1Br. The highest BCUT2D eigenvalue weighted by Gasteiger charge is 2.07. The normalized spacial score (nSPS) is 9.83. The monoisotopic (exact) mass is 321 g/mol. The maximum atomic E-state index is 9.06. The Bertz CT molecular complexity index is 635. The Morgan fingerprint density at radius 1 is 1.22 bits per heavy atom. The lowest BCUT2D eigenvalue weighted by Gasteiger charge is -2.11. The molecule has 0 aliphatic carbocycles. The molecule has 0 aliphatic rings. The molecule has 2 aromatic rings. The minimum absolute atomic E-state index is 0.488. The maximum Gasteiger partial charge on any atom is 0.101 e. The van der Waals surface area contributed by atoms with Gasteiger partial charge in [0.15, 0.2) is 0 Å². The van der Waals surface area contributed by atoms with Crippen molar-refractivity contribution in [1.82, 2.24) is 0 Å². The summed E-state index contributed by atoms with van der Waals surface area (Å²) in [6.45, 7) is 0. The third kappa shape index (κ3) is 2.58. The summed E-state index contributed by atoms with van der Waals surface area (Å²) < 4.78 is 0.757. The average molecular weight is 323 g/mol. The van der Waals surface area contributed by atoms with Crippen LogP contribution >= 0.6 is 27.5 Å². The third-order valence-electron chi connectivity index (χ3n) is 2.39. The van der Waals surface area contributed by atoms with Crippen molar-refractivity contribution in [2.75, 3.05) is 11.1 Å². The van der Waals surface area contributed by atoms with Crippen molar-refractivity contribution < 1.29 is 0 Å². The smallest absolute Gasteiger partial charge is 0.101 e. The summed E-state index contributed by atoms with van der Waals surface area (Å²) in [4.78, 5) is 0. The predicted molar refractivity (Wildman–Crippen MR) is 78.0 cm³/mol. The molecule has 0 fully saturated rings. The van der Waals surface area contributed by atoms with Gasteiger partial charge in [-0.15, -0.1) is 0 Å². The van der Waals surface area contributed by atoms with Crippen LogP contribution in [-0.4, -0.2) is 0 Å². The molecule has 0 aliphatic heterocycles. The van der Waals surface area contributed by atoms with E-state index in [9.17, 15) is 0 Å². The standard InChI is InChI=1S/C13H9BrClN3/c14-13-10(15)2-1-3-12(13)18-11-5-4-9(17)6-8(11)7-16/h1-6,18H,17H2. The van der Waals surface area contributed by atoms with Gasteiger partial charge in [-0.25, -0.2) is 0 Å². The Hall–Kier alpha value is -1.70. The summed E-state index contributed by atoms with van der Waals surface area (Å²) in [5.74, 6) is 0. The highest BCUT2D eigenvalue weighted by atomic mass is 79.9. The number of benzene rings is 2. The van der Waals surface area contributed by atoms with Crippen molar-refractivity contribution in [3.8, 4) is 6.07 Å². The van der Waals surface area contributed by atoms with E-state index >= 15 is 0 Å². The number of halogens is 2. The zero-order valence-corrected chi connectivity index (χ0v) is 11.6. The zero-order valence-electron chi connectivity index (χ0n) is 9.24. The van der Waals surface area contributed by atoms with Crippen LogP contribution in [0.1, 0.15) is 5.56 Å². The molecule has 2 rings (SSSR count). The van der Waals surface area contributed by atoms with Crippen LogP contribution in [0.25, 0.3) is 0 Å². The quantitative estimate of drug-likeness (QED) is 0.810. The van der Waals surface area contributed by atoms with Gasteiger partial charge in [-0.1, -0.05) is 17.7 Å². The molecule has 3 N–H and O–H groups in total. The second-order valence-corrected chi connectivity index (χ2v) is 4.84. The maximum absolute atomic E-state index is 9.06. The van der Waals surface area contributed by atoms with E-state index < -0.39 is 0 Å². The van der Waals surface area contributed by atoms with Crippen LogP contribution in [0.4, 0.5) is 17.1 Å². The van der Waals surface area contributed by atoms with E-state index in [0.29, 0.717) is 22.0 Å². The van der Waals surface area contributed by atoms with Gasteiger partial charge in [0.05, 0.1) is 26.4 Å². The van der Waals surface area contributed by atoms with Gasteiger partial charge in [-0.2, -0.15) is 5.26 Å². The second kappa shape index (κ2) is 5.30. The predicted octanol–water partition coefficient (Wildman–Crippen LogP) is 4.30. The molecule has 2 aromatic carbocycles. The molecule has 18 heavy (non-hydrogen) atoms. The molecule has 3 nitrogen and oxygen atoms in total. The van der Waals surface area contributed by atoms with Gasteiger partial charge in [0.25, 0.3) is 0 Å². The fourth-order valence-corrected chi connectivity index (χ4v) is 2.05. The van der Waals surface area contributed by atoms with Gasteiger partial charge in [0.1, 0.15) is 6.07 Å². The van der Waals surface area contributed by atoms with E-state index in [2.05, 4.69) is 27.3 Å². The lowest BCUT2D eigenvalue weighted by atomic mass is 10.1. The first-order chi connectivity index (χ1) is 8.61. The molecule has 0 heterocycles. The van der Waals surface area contributed by atoms with E-state index in [1.807, 2.05) is 12.1 Å². The van der Waals surface area contributed by atoms with Gasteiger partial charge < -0.3 is 11.1 Å². The van der Waals surface area contributed by atoms with E-state index in [1.54, 1.807) is 24.3 Å². The summed E-state index contributed by atoms with van der Waals surface area (Å²) in [5, 5.41) is 12.8. The first-order valence-corrected chi connectivity index (χ1v) is 6.29. The van der Waals surface area contributed by atoms with Crippen molar-refractivity contribution in [2.45, 2.75) is 0 Å². The van der Waals surface area contributed by atoms with Crippen LogP contribution < -0.4 is 11.1 Å². The Labute approximate surface area is 118 Å². The highest BCUT2D eigenvalue weighted by molar-refractivity contribution is 9.10. The summed E-state index contributed by atoms with van der Waals surface area (Å²) in [6.07, 6.45) is 0. The molecular formula is C13H9BrClN3. The summed E-state index contributed by atoms with van der Waals surface area (Å²) in [6, 6.07) is 12.7. The lowest BCUT2D eigenvalue weighted by molar-refractivity contribution is 1.45. The van der Waals surface area contributed by atoms with Crippen LogP contribution in [0.2, 0.25) is 5.02 Å². The molecule has 90 valence electrons. The van der Waals surface area contributed by atoms with Crippen LogP contribution in [-0.2, 0) is 0 Å². The lowest BCUT2D eigenvalue weighted by Crippen LogP contribution is -1.96. The van der Waals surface area contributed by atoms with Gasteiger partial charge >= 0.3 is 0 Å². The fraction of sp³-hybridized carbons (Fsp3) is 0. The van der Waals surface area contributed by atoms with Crippen LogP contribution in [0.3, 0.4) is 0 Å². The molecule has 0 amide bonds. The zero-order chi connectivity index (χ0) is 13.1. The highest BCUT2D eigenvalue weighted by Crippen LogP contribution is 2.33. The summed E-state index contributed by atoms with van der Waals surface area (Å²) in [5.41, 5.74) is 8.17. The number of hydrogen-bond acceptors (Lipinski definition) is 3. The molecule has 0 radical (unpaired) electrons. The Balaban J connectivity index is 2.41. The van der Waals surface area contributed by atoms with E-state index in [1.165, 1.54) is 0 Å². The molecule has 5 heteroatoms. The first kappa shape index (κ1) is 12.7. The number of nitrogen functional groups attached to an aromatic ring is 1. The Kier molecular flexibility index (Phi) is 3.75. The van der Waals surface area contributed by atoms with Crippen molar-refractivity contribution in [1.29, 1.82) is 5.26 Å². The van der Waals surface area contributed by atoms with Crippen molar-refractivity contribution in [2.24, 2.45) is 0 Å².